The number of nitrogens with two attached hydrogens (primary N) is 1. The zero-order valence-electron chi connectivity index (χ0n) is 18.8. The zero-order chi connectivity index (χ0) is 22.8. The van der Waals surface area contributed by atoms with E-state index in [1.165, 1.54) is 0 Å². The lowest BCUT2D eigenvalue weighted by molar-refractivity contribution is -0.0126. The SMILES string of the molecule is CCC(C)[C@H](N[C@@H](O)[C@H](Cc1c[nH]cn1)N[C@@H](C)O)[C@@H](O)N[C@@H](CC(C)C)[C@@H](N)O. The molecule has 176 valence electrons. The molecule has 10 nitrogen and oxygen atoms in total. The van der Waals surface area contributed by atoms with Gasteiger partial charge >= 0.3 is 0 Å². The third kappa shape index (κ3) is 9.36. The standard InChI is InChI=1S/C20H42N6O4/c1-6-12(4)17(20(30)25-15(18(21)28)7-11(2)3)26-19(29)16(24-13(5)27)8-14-9-22-10-23-14/h9-13,15-20,24-30H,6-8,21H2,1-5H3,(H,22,23)/t12?,13-,15+,16+,17+,18+,19+,20-/m1/s1. The lowest BCUT2D eigenvalue weighted by Crippen LogP contribution is -2.62. The molecule has 0 fully saturated rings. The number of hydrogen-bond donors (Lipinski definition) is 9. The highest BCUT2D eigenvalue weighted by Crippen LogP contribution is 2.15. The van der Waals surface area contributed by atoms with Crippen LogP contribution in [0.3, 0.4) is 0 Å². The van der Waals surface area contributed by atoms with E-state index >= 15 is 0 Å². The van der Waals surface area contributed by atoms with Crippen molar-refractivity contribution in [1.29, 1.82) is 0 Å². The number of nitrogens with one attached hydrogen (secondary N) is 4. The minimum atomic E-state index is -1.12. The minimum absolute atomic E-state index is 0.00866. The predicted octanol–water partition coefficient (Wildman–Crippen LogP) is -0.829. The number of hydrogen-bond acceptors (Lipinski definition) is 9. The fraction of sp³-hybridized carbons (Fsp3) is 0.850. The summed E-state index contributed by atoms with van der Waals surface area (Å²) in [4.78, 5) is 7.05. The summed E-state index contributed by atoms with van der Waals surface area (Å²) in [6.45, 7) is 9.57. The van der Waals surface area contributed by atoms with Gasteiger partial charge in [0.15, 0.2) is 0 Å². The van der Waals surface area contributed by atoms with E-state index in [1.807, 2.05) is 27.7 Å². The molecule has 1 rings (SSSR count). The van der Waals surface area contributed by atoms with E-state index in [9.17, 15) is 20.4 Å². The van der Waals surface area contributed by atoms with Gasteiger partial charge in [-0.25, -0.2) is 4.98 Å². The molecular formula is C20H42N6O4. The molecular weight excluding hydrogens is 388 g/mol. The maximum Gasteiger partial charge on any atom is 0.121 e. The molecule has 1 unspecified atom stereocenters. The van der Waals surface area contributed by atoms with Crippen molar-refractivity contribution in [1.82, 2.24) is 25.9 Å². The third-order valence-electron chi connectivity index (χ3n) is 5.30. The summed E-state index contributed by atoms with van der Waals surface area (Å²) in [5, 5.41) is 50.5. The van der Waals surface area contributed by atoms with Crippen LogP contribution in [0.15, 0.2) is 12.5 Å². The van der Waals surface area contributed by atoms with Crippen LogP contribution in [0.5, 0.6) is 0 Å². The molecule has 0 amide bonds. The van der Waals surface area contributed by atoms with Gasteiger partial charge in [0.2, 0.25) is 0 Å². The molecule has 0 saturated carbocycles. The monoisotopic (exact) mass is 430 g/mol. The van der Waals surface area contributed by atoms with Gasteiger partial charge in [-0.3, -0.25) is 16.0 Å². The minimum Gasteiger partial charge on any atom is -0.379 e. The second kappa shape index (κ2) is 13.3. The maximum atomic E-state index is 10.9. The highest BCUT2D eigenvalue weighted by Gasteiger charge is 2.32. The van der Waals surface area contributed by atoms with Crippen molar-refractivity contribution in [3.05, 3.63) is 18.2 Å². The summed E-state index contributed by atoms with van der Waals surface area (Å²) >= 11 is 0. The van der Waals surface area contributed by atoms with Crippen molar-refractivity contribution >= 4 is 0 Å². The Morgan fingerprint density at radius 3 is 2.13 bits per heavy atom. The molecule has 8 atom stereocenters. The number of imidazole rings is 1. The van der Waals surface area contributed by atoms with Crippen LogP contribution < -0.4 is 21.7 Å². The number of H-pyrrole nitrogens is 1. The molecule has 0 bridgehead atoms. The van der Waals surface area contributed by atoms with Gasteiger partial charge in [0.05, 0.1) is 24.1 Å². The first-order valence-corrected chi connectivity index (χ1v) is 10.8. The second-order valence-electron chi connectivity index (χ2n) is 8.57. The fourth-order valence-corrected chi connectivity index (χ4v) is 3.47. The van der Waals surface area contributed by atoms with Gasteiger partial charge in [-0.1, -0.05) is 34.1 Å². The quantitative estimate of drug-likeness (QED) is 0.161. The van der Waals surface area contributed by atoms with Crippen LogP contribution in [-0.2, 0) is 6.42 Å². The molecule has 1 aromatic rings. The molecule has 0 saturated heterocycles. The topological polar surface area (TPSA) is 172 Å². The number of aliphatic hydroxyl groups is 4. The van der Waals surface area contributed by atoms with Gasteiger partial charge in [0.25, 0.3) is 0 Å². The Kier molecular flexibility index (Phi) is 12.0. The van der Waals surface area contributed by atoms with Crippen LogP contribution >= 0.6 is 0 Å². The molecule has 1 aromatic heterocycles. The largest absolute Gasteiger partial charge is 0.379 e. The van der Waals surface area contributed by atoms with E-state index in [-0.39, 0.29) is 11.8 Å². The van der Waals surface area contributed by atoms with E-state index in [0.717, 1.165) is 12.1 Å². The molecule has 10 heteroatoms. The highest BCUT2D eigenvalue weighted by atomic mass is 16.3. The summed E-state index contributed by atoms with van der Waals surface area (Å²) in [5.41, 5.74) is 6.42. The van der Waals surface area contributed by atoms with Gasteiger partial charge in [0, 0.05) is 18.7 Å². The summed E-state index contributed by atoms with van der Waals surface area (Å²) in [7, 11) is 0. The molecule has 0 spiro atoms. The molecule has 0 aliphatic rings. The molecule has 0 radical (unpaired) electrons. The summed E-state index contributed by atoms with van der Waals surface area (Å²) in [6, 6.07) is -1.55. The first-order chi connectivity index (χ1) is 14.0. The fourth-order valence-electron chi connectivity index (χ4n) is 3.47. The van der Waals surface area contributed by atoms with E-state index in [2.05, 4.69) is 25.9 Å². The number of aliphatic hydroxyl groups excluding tert-OH is 4. The molecule has 0 aromatic carbocycles. The van der Waals surface area contributed by atoms with Crippen molar-refractivity contribution in [3.63, 3.8) is 0 Å². The summed E-state index contributed by atoms with van der Waals surface area (Å²) in [6.07, 6.45) is 0.936. The lowest BCUT2D eigenvalue weighted by Gasteiger charge is -2.37. The van der Waals surface area contributed by atoms with Gasteiger partial charge in [-0.05, 0) is 25.2 Å². The van der Waals surface area contributed by atoms with Gasteiger partial charge in [-0.2, -0.15) is 0 Å². The first-order valence-electron chi connectivity index (χ1n) is 10.8. The van der Waals surface area contributed by atoms with E-state index in [0.29, 0.717) is 12.8 Å². The van der Waals surface area contributed by atoms with Gasteiger partial charge in [0.1, 0.15) is 24.9 Å². The van der Waals surface area contributed by atoms with Crippen LogP contribution in [0.4, 0.5) is 0 Å². The number of nitrogens with zero attached hydrogens (tertiary/aromatic N) is 1. The number of aromatic nitrogens is 2. The Hall–Kier alpha value is -1.11. The Bertz CT molecular complexity index is 558. The Morgan fingerprint density at radius 2 is 1.67 bits per heavy atom. The number of rotatable bonds is 15. The van der Waals surface area contributed by atoms with Gasteiger partial charge in [-0.15, -0.1) is 0 Å². The van der Waals surface area contributed by atoms with Crippen molar-refractivity contribution in [2.24, 2.45) is 17.6 Å². The molecule has 0 aliphatic carbocycles. The average molecular weight is 431 g/mol. The number of aromatic amines is 1. The van der Waals surface area contributed by atoms with Crippen LogP contribution in [0.25, 0.3) is 0 Å². The van der Waals surface area contributed by atoms with Crippen LogP contribution in [0.1, 0.15) is 53.2 Å². The first kappa shape index (κ1) is 26.9. The average Bonchev–Trinajstić information content (AvgIpc) is 3.16. The zero-order valence-corrected chi connectivity index (χ0v) is 18.8. The Labute approximate surface area is 179 Å². The maximum absolute atomic E-state index is 10.9. The van der Waals surface area contributed by atoms with Crippen LogP contribution in [-0.4, -0.2) is 73.4 Å². The third-order valence-corrected chi connectivity index (χ3v) is 5.30. The summed E-state index contributed by atoms with van der Waals surface area (Å²) < 4.78 is 0. The van der Waals surface area contributed by atoms with Crippen molar-refractivity contribution in [2.45, 2.75) is 96.9 Å². The molecule has 10 N–H and O–H groups in total. The molecule has 0 aliphatic heterocycles. The Morgan fingerprint density at radius 1 is 1.00 bits per heavy atom. The molecule has 30 heavy (non-hydrogen) atoms. The van der Waals surface area contributed by atoms with E-state index in [1.54, 1.807) is 19.4 Å². The van der Waals surface area contributed by atoms with E-state index in [4.69, 9.17) is 5.73 Å². The van der Waals surface area contributed by atoms with Crippen molar-refractivity contribution in [3.8, 4) is 0 Å². The van der Waals surface area contributed by atoms with Crippen LogP contribution in [0.2, 0.25) is 0 Å². The van der Waals surface area contributed by atoms with Crippen molar-refractivity contribution < 1.29 is 20.4 Å². The second-order valence-corrected chi connectivity index (χ2v) is 8.57. The van der Waals surface area contributed by atoms with Crippen molar-refractivity contribution in [2.75, 3.05) is 0 Å². The molecule has 1 heterocycles. The van der Waals surface area contributed by atoms with Gasteiger partial charge < -0.3 is 31.1 Å². The lowest BCUT2D eigenvalue weighted by atomic mass is 9.95. The summed E-state index contributed by atoms with van der Waals surface area (Å²) in [5.74, 6) is 0.288. The Balaban J connectivity index is 2.91. The van der Waals surface area contributed by atoms with E-state index < -0.39 is 43.0 Å². The van der Waals surface area contributed by atoms with Crippen LogP contribution in [0, 0.1) is 11.8 Å². The predicted molar refractivity (Wildman–Crippen MR) is 116 cm³/mol. The normalized spacial score (nSPS) is 20.4. The smallest absolute Gasteiger partial charge is 0.121 e. The highest BCUT2D eigenvalue weighted by molar-refractivity contribution is 4.99.